The third-order valence-corrected chi connectivity index (χ3v) is 4.08. The monoisotopic (exact) mass is 331 g/mol. The molecule has 0 aromatic heterocycles. The molecule has 2 atom stereocenters. The fourth-order valence-corrected chi connectivity index (χ4v) is 2.62. The summed E-state index contributed by atoms with van der Waals surface area (Å²) >= 11 is 12.0. The first-order valence-corrected chi connectivity index (χ1v) is 6.97. The number of nitrogens with two attached hydrogens (primary N) is 1. The van der Waals surface area contributed by atoms with Crippen LogP contribution in [0.4, 0.5) is 8.78 Å². The van der Waals surface area contributed by atoms with Gasteiger partial charge in [0, 0.05) is 24.1 Å². The molecule has 0 radical (unpaired) electrons. The number of rotatable bonds is 4. The van der Waals surface area contributed by atoms with Gasteiger partial charge in [0.05, 0.1) is 16.1 Å². The number of hydrogen-bond donors (Lipinski definition) is 2. The standard InChI is InChI=1S/C15H13Cl2F2NO/c16-13-3-1-2-11(14(13)17)15(21)12(7-20)8-4-9(18)6-10(19)5-8/h1-6,12,15,21H,7,20H2. The average molecular weight is 332 g/mol. The van der Waals surface area contributed by atoms with Crippen molar-refractivity contribution in [3.63, 3.8) is 0 Å². The molecular formula is C15H13Cl2F2NO. The van der Waals surface area contributed by atoms with Gasteiger partial charge in [-0.05, 0) is 23.8 Å². The fourth-order valence-electron chi connectivity index (χ4n) is 2.20. The summed E-state index contributed by atoms with van der Waals surface area (Å²) in [7, 11) is 0. The quantitative estimate of drug-likeness (QED) is 0.887. The zero-order valence-electron chi connectivity index (χ0n) is 10.9. The second-order valence-electron chi connectivity index (χ2n) is 4.63. The van der Waals surface area contributed by atoms with Crippen LogP contribution in [0.3, 0.4) is 0 Å². The Bertz CT molecular complexity index is 631. The summed E-state index contributed by atoms with van der Waals surface area (Å²) in [6.45, 7) is -0.00704. The van der Waals surface area contributed by atoms with Gasteiger partial charge in [0.25, 0.3) is 0 Å². The van der Waals surface area contributed by atoms with Crippen molar-refractivity contribution in [3.8, 4) is 0 Å². The highest BCUT2D eigenvalue weighted by Crippen LogP contribution is 2.37. The molecule has 3 N–H and O–H groups in total. The second-order valence-corrected chi connectivity index (χ2v) is 5.42. The molecule has 0 aliphatic carbocycles. The van der Waals surface area contributed by atoms with E-state index in [1.807, 2.05) is 0 Å². The Morgan fingerprint density at radius 2 is 1.71 bits per heavy atom. The van der Waals surface area contributed by atoms with Crippen molar-refractivity contribution in [1.29, 1.82) is 0 Å². The van der Waals surface area contributed by atoms with Gasteiger partial charge in [0.2, 0.25) is 0 Å². The molecule has 21 heavy (non-hydrogen) atoms. The van der Waals surface area contributed by atoms with Gasteiger partial charge in [0.1, 0.15) is 11.6 Å². The van der Waals surface area contributed by atoms with E-state index in [4.69, 9.17) is 28.9 Å². The topological polar surface area (TPSA) is 46.2 Å². The van der Waals surface area contributed by atoms with E-state index in [0.29, 0.717) is 5.56 Å². The van der Waals surface area contributed by atoms with Crippen molar-refractivity contribution in [3.05, 3.63) is 69.2 Å². The molecule has 2 rings (SSSR count). The van der Waals surface area contributed by atoms with Gasteiger partial charge in [-0.2, -0.15) is 0 Å². The first-order valence-electron chi connectivity index (χ1n) is 6.22. The maximum atomic E-state index is 13.3. The van der Waals surface area contributed by atoms with E-state index in [2.05, 4.69) is 0 Å². The predicted molar refractivity (Wildman–Crippen MR) is 79.6 cm³/mol. The van der Waals surface area contributed by atoms with Gasteiger partial charge in [-0.15, -0.1) is 0 Å². The summed E-state index contributed by atoms with van der Waals surface area (Å²) in [6, 6.07) is 7.85. The van der Waals surface area contributed by atoms with Gasteiger partial charge in [-0.1, -0.05) is 35.3 Å². The van der Waals surface area contributed by atoms with Crippen LogP contribution in [0.2, 0.25) is 10.0 Å². The van der Waals surface area contributed by atoms with Crippen LogP contribution in [0, 0.1) is 11.6 Å². The number of halogens is 4. The maximum Gasteiger partial charge on any atom is 0.126 e. The molecule has 112 valence electrons. The summed E-state index contributed by atoms with van der Waals surface area (Å²) in [6.07, 6.45) is -1.12. The largest absolute Gasteiger partial charge is 0.388 e. The Hall–Kier alpha value is -1.20. The van der Waals surface area contributed by atoms with Gasteiger partial charge >= 0.3 is 0 Å². The molecule has 0 aliphatic rings. The van der Waals surface area contributed by atoms with E-state index in [9.17, 15) is 13.9 Å². The van der Waals surface area contributed by atoms with Crippen LogP contribution in [-0.2, 0) is 0 Å². The third-order valence-electron chi connectivity index (χ3n) is 3.25. The van der Waals surface area contributed by atoms with Crippen LogP contribution in [-0.4, -0.2) is 11.7 Å². The molecule has 2 aromatic rings. The Morgan fingerprint density at radius 3 is 2.29 bits per heavy atom. The first kappa shape index (κ1) is 16.2. The summed E-state index contributed by atoms with van der Waals surface area (Å²) in [5.74, 6) is -2.16. The van der Waals surface area contributed by atoms with Crippen LogP contribution in [0.15, 0.2) is 36.4 Å². The van der Waals surface area contributed by atoms with E-state index >= 15 is 0 Å². The number of aliphatic hydroxyl groups excluding tert-OH is 1. The zero-order valence-corrected chi connectivity index (χ0v) is 12.4. The molecule has 0 fully saturated rings. The van der Waals surface area contributed by atoms with E-state index in [1.54, 1.807) is 18.2 Å². The second kappa shape index (κ2) is 6.71. The van der Waals surface area contributed by atoms with Gasteiger partial charge in [-0.25, -0.2) is 8.78 Å². The lowest BCUT2D eigenvalue weighted by Crippen LogP contribution is -2.21. The molecular weight excluding hydrogens is 319 g/mol. The molecule has 0 bridgehead atoms. The van der Waals surface area contributed by atoms with Crippen molar-refractivity contribution < 1.29 is 13.9 Å². The van der Waals surface area contributed by atoms with Crippen LogP contribution < -0.4 is 5.73 Å². The number of aliphatic hydroxyl groups is 1. The fraction of sp³-hybridized carbons (Fsp3) is 0.200. The predicted octanol–water partition coefficient (Wildman–Crippen LogP) is 4.05. The Balaban J connectivity index is 2.43. The normalized spacial score (nSPS) is 14.0. The smallest absolute Gasteiger partial charge is 0.126 e. The Labute approximate surface area is 131 Å². The highest BCUT2D eigenvalue weighted by Gasteiger charge is 2.25. The summed E-state index contributed by atoms with van der Waals surface area (Å²) in [4.78, 5) is 0. The minimum atomic E-state index is -1.12. The first-order chi connectivity index (χ1) is 9.93. The maximum absolute atomic E-state index is 13.3. The van der Waals surface area contributed by atoms with E-state index < -0.39 is 23.7 Å². The molecule has 2 unspecified atom stereocenters. The SMILES string of the molecule is NCC(c1cc(F)cc(F)c1)C(O)c1cccc(Cl)c1Cl. The lowest BCUT2D eigenvalue weighted by atomic mass is 9.89. The highest BCUT2D eigenvalue weighted by molar-refractivity contribution is 6.42. The number of benzene rings is 2. The third kappa shape index (κ3) is 3.52. The van der Waals surface area contributed by atoms with Crippen LogP contribution >= 0.6 is 23.2 Å². The minimum Gasteiger partial charge on any atom is -0.388 e. The molecule has 0 amide bonds. The molecule has 0 aliphatic heterocycles. The van der Waals surface area contributed by atoms with Crippen molar-refractivity contribution in [1.82, 2.24) is 0 Å². The Morgan fingerprint density at radius 1 is 1.10 bits per heavy atom. The Kier molecular flexibility index (Phi) is 5.17. The molecule has 0 heterocycles. The summed E-state index contributed by atoms with van der Waals surface area (Å²) in [5, 5.41) is 10.9. The minimum absolute atomic E-state index is 0.00704. The zero-order chi connectivity index (χ0) is 15.6. The van der Waals surface area contributed by atoms with Crippen LogP contribution in [0.5, 0.6) is 0 Å². The van der Waals surface area contributed by atoms with Crippen molar-refractivity contribution in [2.45, 2.75) is 12.0 Å². The average Bonchev–Trinajstić information content (AvgIpc) is 2.41. The van der Waals surface area contributed by atoms with Gasteiger partial charge < -0.3 is 10.8 Å². The van der Waals surface area contributed by atoms with Crippen LogP contribution in [0.1, 0.15) is 23.1 Å². The van der Waals surface area contributed by atoms with E-state index in [-0.39, 0.29) is 22.2 Å². The van der Waals surface area contributed by atoms with Crippen molar-refractivity contribution in [2.75, 3.05) is 6.54 Å². The highest BCUT2D eigenvalue weighted by atomic mass is 35.5. The molecule has 2 nitrogen and oxygen atoms in total. The molecule has 6 heteroatoms. The molecule has 0 saturated carbocycles. The van der Waals surface area contributed by atoms with Crippen molar-refractivity contribution >= 4 is 23.2 Å². The van der Waals surface area contributed by atoms with Gasteiger partial charge in [-0.3, -0.25) is 0 Å². The van der Waals surface area contributed by atoms with E-state index in [1.165, 1.54) is 0 Å². The van der Waals surface area contributed by atoms with Crippen molar-refractivity contribution in [2.24, 2.45) is 5.73 Å². The van der Waals surface area contributed by atoms with Gasteiger partial charge in [0.15, 0.2) is 0 Å². The lowest BCUT2D eigenvalue weighted by Gasteiger charge is -2.23. The van der Waals surface area contributed by atoms with E-state index in [0.717, 1.165) is 18.2 Å². The lowest BCUT2D eigenvalue weighted by molar-refractivity contribution is 0.147. The number of hydrogen-bond acceptors (Lipinski definition) is 2. The summed E-state index contributed by atoms with van der Waals surface area (Å²) in [5.41, 5.74) is 6.28. The molecule has 0 saturated heterocycles. The summed E-state index contributed by atoms with van der Waals surface area (Å²) < 4.78 is 26.6. The molecule has 0 spiro atoms. The van der Waals surface area contributed by atoms with Crippen LogP contribution in [0.25, 0.3) is 0 Å². The molecule has 2 aromatic carbocycles.